The second-order valence-electron chi connectivity index (χ2n) is 4.97. The van der Waals surface area contributed by atoms with Crippen LogP contribution in [0.3, 0.4) is 0 Å². The van der Waals surface area contributed by atoms with Gasteiger partial charge in [-0.1, -0.05) is 19.3 Å². The molecule has 2 rings (SSSR count). The smallest absolute Gasteiger partial charge is 0.240 e. The Labute approximate surface area is 120 Å². The molecule has 6 heteroatoms. The number of carbonyl (C=O) groups excluding carboxylic acids is 1. The summed E-state index contributed by atoms with van der Waals surface area (Å²) in [6.45, 7) is 0.180. The number of hydrogen-bond donors (Lipinski definition) is 2. The molecule has 1 saturated carbocycles. The number of nitrogen functional groups attached to an aromatic ring is 1. The average Bonchev–Trinajstić information content (AvgIpc) is 2.37. The van der Waals surface area contributed by atoms with Crippen molar-refractivity contribution in [1.29, 1.82) is 0 Å². The van der Waals surface area contributed by atoms with Crippen LogP contribution < -0.4 is 16.5 Å². The number of nitrogens with one attached hydrogen (secondary N) is 1. The van der Waals surface area contributed by atoms with Crippen molar-refractivity contribution in [3.05, 3.63) is 27.1 Å². The van der Waals surface area contributed by atoms with Gasteiger partial charge in [0.1, 0.15) is 6.54 Å². The van der Waals surface area contributed by atoms with Crippen LogP contribution in [0.1, 0.15) is 32.1 Å². The minimum atomic E-state index is -0.246. The Bertz CT molecular complexity index is 495. The highest BCUT2D eigenvalue weighted by Gasteiger charge is 2.15. The summed E-state index contributed by atoms with van der Waals surface area (Å²) in [5, 5.41) is 3.03. The summed E-state index contributed by atoms with van der Waals surface area (Å²) < 4.78 is 2.00. The molecule has 0 unspecified atom stereocenters. The minimum Gasteiger partial charge on any atom is -0.394 e. The topological polar surface area (TPSA) is 77.1 Å². The first-order chi connectivity index (χ1) is 9.06. The maximum Gasteiger partial charge on any atom is 0.240 e. The number of aromatic nitrogens is 1. The zero-order valence-electron chi connectivity index (χ0n) is 10.7. The number of rotatable bonds is 3. The van der Waals surface area contributed by atoms with Gasteiger partial charge in [0, 0.05) is 18.4 Å². The minimum absolute atomic E-state index is 0.0400. The van der Waals surface area contributed by atoms with Crippen molar-refractivity contribution in [3.8, 4) is 0 Å². The van der Waals surface area contributed by atoms with Crippen molar-refractivity contribution in [2.24, 2.45) is 0 Å². The van der Waals surface area contributed by atoms with Crippen molar-refractivity contribution in [1.82, 2.24) is 9.88 Å². The lowest BCUT2D eigenvalue weighted by atomic mass is 9.95. The van der Waals surface area contributed by atoms with E-state index < -0.39 is 0 Å². The van der Waals surface area contributed by atoms with Gasteiger partial charge in [0.05, 0.1) is 10.2 Å². The molecular formula is C13H18BrN3O2. The lowest BCUT2D eigenvalue weighted by molar-refractivity contribution is -0.122. The monoisotopic (exact) mass is 327 g/mol. The second-order valence-corrected chi connectivity index (χ2v) is 5.82. The van der Waals surface area contributed by atoms with Gasteiger partial charge in [-0.2, -0.15) is 0 Å². The van der Waals surface area contributed by atoms with Gasteiger partial charge in [-0.05, 0) is 28.8 Å². The first-order valence-corrected chi connectivity index (χ1v) is 7.30. The number of nitrogens with two attached hydrogens (primary N) is 1. The van der Waals surface area contributed by atoms with Gasteiger partial charge < -0.3 is 15.6 Å². The fourth-order valence-corrected chi connectivity index (χ4v) is 2.89. The third-order valence-electron chi connectivity index (χ3n) is 3.36. The molecule has 0 aromatic carbocycles. The van der Waals surface area contributed by atoms with Crippen LogP contribution in [0.2, 0.25) is 0 Å². The van der Waals surface area contributed by atoms with Gasteiger partial charge in [0.2, 0.25) is 11.3 Å². The SMILES string of the molecule is Nc1cn(CC(=O)NC2CCCCC2)cc(Br)c1=O. The summed E-state index contributed by atoms with van der Waals surface area (Å²) >= 11 is 3.14. The van der Waals surface area contributed by atoms with E-state index in [9.17, 15) is 9.59 Å². The van der Waals surface area contributed by atoms with E-state index in [2.05, 4.69) is 21.2 Å². The number of pyridine rings is 1. The molecule has 0 aliphatic heterocycles. The Morgan fingerprint density at radius 3 is 2.68 bits per heavy atom. The van der Waals surface area contributed by atoms with Crippen molar-refractivity contribution in [2.45, 2.75) is 44.7 Å². The van der Waals surface area contributed by atoms with Gasteiger partial charge in [0.25, 0.3) is 0 Å². The van der Waals surface area contributed by atoms with Crippen LogP contribution in [0, 0.1) is 0 Å². The molecule has 3 N–H and O–H groups in total. The largest absolute Gasteiger partial charge is 0.394 e. The molecule has 0 atom stereocenters. The van der Waals surface area contributed by atoms with Gasteiger partial charge in [-0.15, -0.1) is 0 Å². The number of hydrogen-bond acceptors (Lipinski definition) is 3. The maximum atomic E-state index is 11.9. The number of amides is 1. The van der Waals surface area contributed by atoms with Crippen LogP contribution in [0.25, 0.3) is 0 Å². The quantitative estimate of drug-likeness (QED) is 0.886. The third kappa shape index (κ3) is 3.83. The Hall–Kier alpha value is -1.30. The highest BCUT2D eigenvalue weighted by Crippen LogP contribution is 2.17. The van der Waals surface area contributed by atoms with Crippen molar-refractivity contribution >= 4 is 27.5 Å². The van der Waals surface area contributed by atoms with E-state index in [0.29, 0.717) is 10.5 Å². The molecule has 0 bridgehead atoms. The number of halogens is 1. The fourth-order valence-electron chi connectivity index (χ4n) is 2.39. The Morgan fingerprint density at radius 2 is 2.05 bits per heavy atom. The first-order valence-electron chi connectivity index (χ1n) is 6.50. The predicted octanol–water partition coefficient (Wildman–Crippen LogP) is 1.64. The van der Waals surface area contributed by atoms with Crippen LogP contribution in [-0.4, -0.2) is 16.5 Å². The normalized spacial score (nSPS) is 16.3. The molecule has 104 valence electrons. The third-order valence-corrected chi connectivity index (χ3v) is 3.92. The molecule has 1 amide bonds. The number of carbonyl (C=O) groups is 1. The summed E-state index contributed by atoms with van der Waals surface area (Å²) in [6.07, 6.45) is 8.81. The summed E-state index contributed by atoms with van der Waals surface area (Å²) in [7, 11) is 0. The van der Waals surface area contributed by atoms with Crippen molar-refractivity contribution < 1.29 is 4.79 Å². The standard InChI is InChI=1S/C13H18BrN3O2/c14-10-6-17(7-11(15)13(10)19)8-12(18)16-9-4-2-1-3-5-9/h6-7,9H,1-5,8,15H2,(H,16,18). The van der Waals surface area contributed by atoms with Crippen LogP contribution in [-0.2, 0) is 11.3 Å². The molecule has 1 aliphatic rings. The molecule has 1 aliphatic carbocycles. The van der Waals surface area contributed by atoms with E-state index in [1.807, 2.05) is 0 Å². The van der Waals surface area contributed by atoms with Gasteiger partial charge in [-0.25, -0.2) is 0 Å². The van der Waals surface area contributed by atoms with Crippen LogP contribution in [0.4, 0.5) is 5.69 Å². The van der Waals surface area contributed by atoms with E-state index in [4.69, 9.17) is 5.73 Å². The van der Waals surface area contributed by atoms with Gasteiger partial charge in [0.15, 0.2) is 0 Å². The van der Waals surface area contributed by atoms with Crippen molar-refractivity contribution in [3.63, 3.8) is 0 Å². The predicted molar refractivity (Wildman–Crippen MR) is 77.8 cm³/mol. The molecule has 0 radical (unpaired) electrons. The Kier molecular flexibility index (Phi) is 4.63. The highest BCUT2D eigenvalue weighted by molar-refractivity contribution is 9.10. The molecule has 1 fully saturated rings. The lowest BCUT2D eigenvalue weighted by Crippen LogP contribution is -2.38. The Morgan fingerprint density at radius 1 is 1.37 bits per heavy atom. The van der Waals surface area contributed by atoms with Crippen molar-refractivity contribution in [2.75, 3.05) is 5.73 Å². The van der Waals surface area contributed by atoms with Crippen LogP contribution >= 0.6 is 15.9 Å². The van der Waals surface area contributed by atoms with E-state index in [0.717, 1.165) is 12.8 Å². The zero-order valence-corrected chi connectivity index (χ0v) is 12.3. The molecule has 5 nitrogen and oxygen atoms in total. The molecule has 1 heterocycles. The molecule has 1 aromatic heterocycles. The second kappa shape index (κ2) is 6.23. The summed E-state index contributed by atoms with van der Waals surface area (Å²) in [5.74, 6) is -0.0400. The van der Waals surface area contributed by atoms with E-state index >= 15 is 0 Å². The summed E-state index contributed by atoms with van der Waals surface area (Å²) in [6, 6.07) is 0.293. The number of anilines is 1. The molecule has 19 heavy (non-hydrogen) atoms. The fraction of sp³-hybridized carbons (Fsp3) is 0.538. The average molecular weight is 328 g/mol. The molecule has 0 saturated heterocycles. The van der Waals surface area contributed by atoms with Crippen LogP contribution in [0.5, 0.6) is 0 Å². The van der Waals surface area contributed by atoms with E-state index in [-0.39, 0.29) is 23.6 Å². The summed E-state index contributed by atoms with van der Waals surface area (Å²) in [5.41, 5.74) is 5.48. The van der Waals surface area contributed by atoms with Crippen LogP contribution in [0.15, 0.2) is 21.7 Å². The van der Waals surface area contributed by atoms with Gasteiger partial charge >= 0.3 is 0 Å². The first kappa shape index (κ1) is 14.1. The highest BCUT2D eigenvalue weighted by atomic mass is 79.9. The number of nitrogens with zero attached hydrogens (tertiary/aromatic N) is 1. The maximum absolute atomic E-state index is 11.9. The van der Waals surface area contributed by atoms with Gasteiger partial charge in [-0.3, -0.25) is 9.59 Å². The molecule has 1 aromatic rings. The Balaban J connectivity index is 1.96. The summed E-state index contributed by atoms with van der Waals surface area (Å²) in [4.78, 5) is 23.4. The molecular weight excluding hydrogens is 310 g/mol. The van der Waals surface area contributed by atoms with E-state index in [1.54, 1.807) is 10.8 Å². The zero-order chi connectivity index (χ0) is 13.8. The van der Waals surface area contributed by atoms with E-state index in [1.165, 1.54) is 25.5 Å². The lowest BCUT2D eigenvalue weighted by Gasteiger charge is -2.23. The molecule has 0 spiro atoms.